The molecule has 0 saturated carbocycles. The molecule has 0 bridgehead atoms. The van der Waals surface area contributed by atoms with Gasteiger partial charge in [0.1, 0.15) is 5.82 Å². The van der Waals surface area contributed by atoms with E-state index in [0.29, 0.717) is 25.6 Å². The van der Waals surface area contributed by atoms with E-state index in [4.69, 9.17) is 0 Å². The zero-order chi connectivity index (χ0) is 18.8. The summed E-state index contributed by atoms with van der Waals surface area (Å²) in [5, 5.41) is 9.53. The minimum absolute atomic E-state index is 0.133. The first kappa shape index (κ1) is 18.1. The van der Waals surface area contributed by atoms with Gasteiger partial charge in [-0.25, -0.2) is 4.39 Å². The number of aliphatic hydroxyl groups is 1. The molecule has 2 aromatic rings. The summed E-state index contributed by atoms with van der Waals surface area (Å²) in [7, 11) is 0. The molecular formula is C22H25FN2O2. The Balaban J connectivity index is 1.50. The van der Waals surface area contributed by atoms with Crippen molar-refractivity contribution in [2.45, 2.75) is 30.9 Å². The summed E-state index contributed by atoms with van der Waals surface area (Å²) >= 11 is 0. The van der Waals surface area contributed by atoms with E-state index in [2.05, 4.69) is 4.90 Å². The van der Waals surface area contributed by atoms with Gasteiger partial charge in [0, 0.05) is 32.2 Å². The molecule has 0 aromatic heterocycles. The fourth-order valence-electron chi connectivity index (χ4n) is 4.14. The molecule has 2 aromatic carbocycles. The maximum absolute atomic E-state index is 13.3. The molecule has 2 fully saturated rings. The first-order valence-corrected chi connectivity index (χ1v) is 9.60. The normalized spacial score (nSPS) is 21.9. The molecule has 2 heterocycles. The molecule has 0 spiro atoms. The Kier molecular flexibility index (Phi) is 5.23. The second kappa shape index (κ2) is 7.79. The Morgan fingerprint density at radius 2 is 1.78 bits per heavy atom. The number of halogens is 1. The highest BCUT2D eigenvalue weighted by molar-refractivity contribution is 5.84. The SMILES string of the molecule is O=C(C(Cc1ccc(F)cc1)c1ccccc1)N1CCC(N2CC(O)C2)C1. The van der Waals surface area contributed by atoms with E-state index in [9.17, 15) is 14.3 Å². The van der Waals surface area contributed by atoms with Crippen LogP contribution in [-0.2, 0) is 11.2 Å². The van der Waals surface area contributed by atoms with Gasteiger partial charge in [-0.05, 0) is 36.1 Å². The Hall–Kier alpha value is -2.24. The molecule has 4 nitrogen and oxygen atoms in total. The molecule has 0 radical (unpaired) electrons. The van der Waals surface area contributed by atoms with Gasteiger partial charge >= 0.3 is 0 Å². The number of likely N-dealkylation sites (tertiary alicyclic amines) is 2. The highest BCUT2D eigenvalue weighted by Crippen LogP contribution is 2.28. The average molecular weight is 368 g/mol. The summed E-state index contributed by atoms with van der Waals surface area (Å²) in [4.78, 5) is 17.6. The Bertz CT molecular complexity index is 775. The summed E-state index contributed by atoms with van der Waals surface area (Å²) in [6, 6.07) is 16.6. The third kappa shape index (κ3) is 4.04. The van der Waals surface area contributed by atoms with Gasteiger partial charge in [0.2, 0.25) is 5.91 Å². The van der Waals surface area contributed by atoms with Crippen molar-refractivity contribution in [3.05, 3.63) is 71.5 Å². The summed E-state index contributed by atoms with van der Waals surface area (Å²) in [5.74, 6) is -0.396. The summed E-state index contributed by atoms with van der Waals surface area (Å²) in [6.45, 7) is 2.90. The lowest BCUT2D eigenvalue weighted by Crippen LogP contribution is -2.56. The molecule has 4 rings (SSSR count). The first-order chi connectivity index (χ1) is 13.1. The Morgan fingerprint density at radius 3 is 2.44 bits per heavy atom. The molecule has 27 heavy (non-hydrogen) atoms. The van der Waals surface area contributed by atoms with Crippen LogP contribution in [0.5, 0.6) is 0 Å². The number of aliphatic hydroxyl groups excluding tert-OH is 1. The molecule has 2 unspecified atom stereocenters. The van der Waals surface area contributed by atoms with Gasteiger partial charge in [-0.15, -0.1) is 0 Å². The number of β-amino-alcohol motifs (C(OH)–C–C–N with tert-alkyl or cyclic N) is 1. The topological polar surface area (TPSA) is 43.8 Å². The van der Waals surface area contributed by atoms with Crippen molar-refractivity contribution in [3.63, 3.8) is 0 Å². The van der Waals surface area contributed by atoms with Gasteiger partial charge in [-0.3, -0.25) is 9.69 Å². The number of hydrogen-bond donors (Lipinski definition) is 1. The average Bonchev–Trinajstić information content (AvgIpc) is 3.15. The van der Waals surface area contributed by atoms with Crippen molar-refractivity contribution >= 4 is 5.91 Å². The molecule has 0 aliphatic carbocycles. The molecule has 2 aliphatic heterocycles. The van der Waals surface area contributed by atoms with Gasteiger partial charge in [0.05, 0.1) is 12.0 Å². The number of carbonyl (C=O) groups is 1. The molecule has 142 valence electrons. The minimum Gasteiger partial charge on any atom is -0.390 e. The van der Waals surface area contributed by atoms with Gasteiger partial charge in [0.15, 0.2) is 0 Å². The lowest BCUT2D eigenvalue weighted by Gasteiger charge is -2.40. The van der Waals surface area contributed by atoms with Crippen LogP contribution in [0.4, 0.5) is 4.39 Å². The number of carbonyl (C=O) groups excluding carboxylic acids is 1. The number of benzene rings is 2. The molecular weight excluding hydrogens is 343 g/mol. The zero-order valence-electron chi connectivity index (χ0n) is 15.3. The van der Waals surface area contributed by atoms with E-state index < -0.39 is 0 Å². The van der Waals surface area contributed by atoms with Crippen LogP contribution in [0.1, 0.15) is 23.5 Å². The lowest BCUT2D eigenvalue weighted by atomic mass is 9.90. The Morgan fingerprint density at radius 1 is 1.07 bits per heavy atom. The van der Waals surface area contributed by atoms with Crippen molar-refractivity contribution in [3.8, 4) is 0 Å². The van der Waals surface area contributed by atoms with Crippen molar-refractivity contribution in [2.24, 2.45) is 0 Å². The number of rotatable bonds is 5. The molecule has 2 saturated heterocycles. The molecule has 2 atom stereocenters. The number of nitrogens with zero attached hydrogens (tertiary/aromatic N) is 2. The quantitative estimate of drug-likeness (QED) is 0.882. The maximum Gasteiger partial charge on any atom is 0.230 e. The van der Waals surface area contributed by atoms with Gasteiger partial charge in [-0.1, -0.05) is 42.5 Å². The third-order valence-corrected chi connectivity index (χ3v) is 5.74. The zero-order valence-corrected chi connectivity index (χ0v) is 15.3. The van der Waals surface area contributed by atoms with E-state index in [1.807, 2.05) is 35.2 Å². The monoisotopic (exact) mass is 368 g/mol. The van der Waals surface area contributed by atoms with E-state index in [0.717, 1.165) is 30.6 Å². The van der Waals surface area contributed by atoms with Crippen LogP contribution in [0.3, 0.4) is 0 Å². The highest BCUT2D eigenvalue weighted by atomic mass is 19.1. The van der Waals surface area contributed by atoms with Crippen LogP contribution >= 0.6 is 0 Å². The van der Waals surface area contributed by atoms with Crippen molar-refractivity contribution in [1.29, 1.82) is 0 Å². The molecule has 1 N–H and O–H groups in total. The van der Waals surface area contributed by atoms with Crippen molar-refractivity contribution in [2.75, 3.05) is 26.2 Å². The fourth-order valence-corrected chi connectivity index (χ4v) is 4.14. The Labute approximate surface area is 159 Å². The van der Waals surface area contributed by atoms with Crippen LogP contribution in [0, 0.1) is 5.82 Å². The predicted octanol–water partition coefficient (Wildman–Crippen LogP) is 2.43. The number of amides is 1. The fraction of sp³-hybridized carbons (Fsp3) is 0.409. The summed E-state index contributed by atoms with van der Waals surface area (Å²) in [6.07, 6.45) is 1.30. The van der Waals surface area contributed by atoms with Crippen LogP contribution in [0.15, 0.2) is 54.6 Å². The standard InChI is InChI=1S/C22H25FN2O2/c23-18-8-6-16(7-9-18)12-21(17-4-2-1-3-5-17)22(27)24-11-10-19(13-24)25-14-20(26)15-25/h1-9,19-21,26H,10-15H2. The lowest BCUT2D eigenvalue weighted by molar-refractivity contribution is -0.132. The van der Waals surface area contributed by atoms with E-state index in [-0.39, 0.29) is 23.7 Å². The van der Waals surface area contributed by atoms with Crippen LogP contribution in [0.2, 0.25) is 0 Å². The highest BCUT2D eigenvalue weighted by Gasteiger charge is 2.38. The summed E-state index contributed by atoms with van der Waals surface area (Å²) in [5.41, 5.74) is 1.95. The molecule has 2 aliphatic rings. The van der Waals surface area contributed by atoms with Gasteiger partial charge in [-0.2, -0.15) is 0 Å². The van der Waals surface area contributed by atoms with Crippen molar-refractivity contribution in [1.82, 2.24) is 9.80 Å². The third-order valence-electron chi connectivity index (χ3n) is 5.74. The van der Waals surface area contributed by atoms with Gasteiger partial charge < -0.3 is 10.0 Å². The maximum atomic E-state index is 13.3. The molecule has 1 amide bonds. The summed E-state index contributed by atoms with van der Waals surface area (Å²) < 4.78 is 13.2. The van der Waals surface area contributed by atoms with Crippen molar-refractivity contribution < 1.29 is 14.3 Å². The second-order valence-electron chi connectivity index (χ2n) is 7.63. The van der Waals surface area contributed by atoms with Gasteiger partial charge in [0.25, 0.3) is 0 Å². The number of hydrogen-bond acceptors (Lipinski definition) is 3. The second-order valence-corrected chi connectivity index (χ2v) is 7.63. The van der Waals surface area contributed by atoms with Crippen LogP contribution in [-0.4, -0.2) is 59.1 Å². The van der Waals surface area contributed by atoms with E-state index in [1.54, 1.807) is 12.1 Å². The first-order valence-electron chi connectivity index (χ1n) is 9.60. The van der Waals surface area contributed by atoms with Crippen LogP contribution < -0.4 is 0 Å². The van der Waals surface area contributed by atoms with E-state index in [1.165, 1.54) is 12.1 Å². The smallest absolute Gasteiger partial charge is 0.230 e. The predicted molar refractivity (Wildman–Crippen MR) is 102 cm³/mol. The molecule has 5 heteroatoms. The van der Waals surface area contributed by atoms with Crippen LogP contribution in [0.25, 0.3) is 0 Å². The van der Waals surface area contributed by atoms with E-state index >= 15 is 0 Å². The minimum atomic E-state index is -0.266. The largest absolute Gasteiger partial charge is 0.390 e.